The molecule has 1 atom stereocenters. The number of rotatable bonds is 4. The third-order valence-electron chi connectivity index (χ3n) is 3.93. The van der Waals surface area contributed by atoms with E-state index >= 15 is 0 Å². The molecule has 1 heterocycles. The van der Waals surface area contributed by atoms with Gasteiger partial charge in [-0.3, -0.25) is 0 Å². The van der Waals surface area contributed by atoms with Gasteiger partial charge in [0.25, 0.3) is 0 Å². The summed E-state index contributed by atoms with van der Waals surface area (Å²) in [6.45, 7) is 0.994. The standard InChI is InChI=1S/C14H18F3N3/c15-14(16,17)6-13-19-8-10-5-9(1-4-12(10)20-13)7-18-11-2-3-11/h8-9,11,18H,1-7H2. The predicted octanol–water partition coefficient (Wildman–Crippen LogP) is 2.44. The van der Waals surface area contributed by atoms with Gasteiger partial charge in [-0.05, 0) is 50.1 Å². The van der Waals surface area contributed by atoms with Crippen LogP contribution in [0.4, 0.5) is 13.2 Å². The average Bonchev–Trinajstić information content (AvgIpc) is 3.18. The molecule has 0 radical (unpaired) electrons. The van der Waals surface area contributed by atoms with Gasteiger partial charge >= 0.3 is 6.18 Å². The molecule has 110 valence electrons. The van der Waals surface area contributed by atoms with Crippen LogP contribution in [0.15, 0.2) is 6.20 Å². The van der Waals surface area contributed by atoms with E-state index in [0.29, 0.717) is 12.0 Å². The zero-order valence-electron chi connectivity index (χ0n) is 11.2. The molecule has 0 aromatic carbocycles. The van der Waals surface area contributed by atoms with Crippen molar-refractivity contribution < 1.29 is 13.2 Å². The monoisotopic (exact) mass is 285 g/mol. The van der Waals surface area contributed by atoms with Gasteiger partial charge in [0.2, 0.25) is 0 Å². The molecule has 1 saturated carbocycles. The molecule has 0 saturated heterocycles. The molecule has 1 fully saturated rings. The number of hydrogen-bond acceptors (Lipinski definition) is 3. The normalized spacial score (nSPS) is 22.6. The first-order chi connectivity index (χ1) is 9.49. The molecule has 1 unspecified atom stereocenters. The van der Waals surface area contributed by atoms with Crippen molar-refractivity contribution >= 4 is 0 Å². The molecule has 0 spiro atoms. The molecule has 0 bridgehead atoms. The molecule has 0 aliphatic heterocycles. The Morgan fingerprint density at radius 3 is 2.75 bits per heavy atom. The van der Waals surface area contributed by atoms with E-state index in [9.17, 15) is 13.2 Å². The molecular weight excluding hydrogens is 267 g/mol. The Bertz CT molecular complexity index is 483. The highest BCUT2D eigenvalue weighted by Crippen LogP contribution is 2.26. The molecule has 0 amide bonds. The van der Waals surface area contributed by atoms with Crippen molar-refractivity contribution in [2.75, 3.05) is 6.54 Å². The zero-order chi connectivity index (χ0) is 14.2. The van der Waals surface area contributed by atoms with Crippen molar-refractivity contribution in [1.29, 1.82) is 0 Å². The molecule has 2 aliphatic rings. The molecular formula is C14H18F3N3. The van der Waals surface area contributed by atoms with Crippen molar-refractivity contribution in [2.45, 2.75) is 50.7 Å². The summed E-state index contributed by atoms with van der Waals surface area (Å²) in [6.07, 6.45) is 1.50. The number of alkyl halides is 3. The smallest absolute Gasteiger partial charge is 0.314 e. The Balaban J connectivity index is 1.62. The molecule has 6 heteroatoms. The first-order valence-electron chi connectivity index (χ1n) is 7.13. The quantitative estimate of drug-likeness (QED) is 0.923. The van der Waals surface area contributed by atoms with E-state index in [0.717, 1.165) is 37.1 Å². The minimum absolute atomic E-state index is 0.106. The van der Waals surface area contributed by atoms with E-state index in [1.54, 1.807) is 6.20 Å². The van der Waals surface area contributed by atoms with E-state index in [-0.39, 0.29) is 5.82 Å². The number of aromatic nitrogens is 2. The second kappa shape index (κ2) is 5.31. The van der Waals surface area contributed by atoms with Crippen LogP contribution in [0.2, 0.25) is 0 Å². The van der Waals surface area contributed by atoms with Crippen LogP contribution in [0.1, 0.15) is 36.3 Å². The van der Waals surface area contributed by atoms with E-state index in [4.69, 9.17) is 0 Å². The summed E-state index contributed by atoms with van der Waals surface area (Å²) in [6, 6.07) is 0.696. The fourth-order valence-corrected chi connectivity index (χ4v) is 2.68. The second-order valence-electron chi connectivity index (χ2n) is 5.84. The summed E-state index contributed by atoms with van der Waals surface area (Å²) in [5.74, 6) is 0.450. The van der Waals surface area contributed by atoms with Gasteiger partial charge in [0.15, 0.2) is 0 Å². The highest BCUT2D eigenvalue weighted by Gasteiger charge is 2.30. The van der Waals surface area contributed by atoms with Crippen LogP contribution >= 0.6 is 0 Å². The van der Waals surface area contributed by atoms with Crippen molar-refractivity contribution in [1.82, 2.24) is 15.3 Å². The maximum absolute atomic E-state index is 12.3. The molecule has 1 aromatic rings. The van der Waals surface area contributed by atoms with Crippen LogP contribution in [-0.4, -0.2) is 28.7 Å². The number of nitrogens with zero attached hydrogens (tertiary/aromatic N) is 2. The van der Waals surface area contributed by atoms with Gasteiger partial charge in [-0.25, -0.2) is 9.97 Å². The minimum Gasteiger partial charge on any atom is -0.314 e. The minimum atomic E-state index is -4.24. The fourth-order valence-electron chi connectivity index (χ4n) is 2.68. The van der Waals surface area contributed by atoms with Crippen LogP contribution < -0.4 is 5.32 Å². The lowest BCUT2D eigenvalue weighted by Crippen LogP contribution is -2.29. The summed E-state index contributed by atoms with van der Waals surface area (Å²) < 4.78 is 37.0. The number of hydrogen-bond donors (Lipinski definition) is 1. The highest BCUT2D eigenvalue weighted by molar-refractivity contribution is 5.21. The maximum Gasteiger partial charge on any atom is 0.396 e. The van der Waals surface area contributed by atoms with Crippen molar-refractivity contribution in [3.63, 3.8) is 0 Å². The van der Waals surface area contributed by atoms with Crippen LogP contribution in [-0.2, 0) is 19.3 Å². The molecule has 3 nitrogen and oxygen atoms in total. The Labute approximate surface area is 116 Å². The van der Waals surface area contributed by atoms with Crippen LogP contribution in [0.25, 0.3) is 0 Å². The van der Waals surface area contributed by atoms with Gasteiger partial charge in [0.05, 0.1) is 0 Å². The maximum atomic E-state index is 12.3. The Kier molecular flexibility index (Phi) is 3.67. The number of nitrogens with one attached hydrogen (secondary N) is 1. The lowest BCUT2D eigenvalue weighted by atomic mass is 9.87. The SMILES string of the molecule is FC(F)(F)Cc1ncc2c(n1)CCC(CNC1CC1)C2. The number of halogens is 3. The summed E-state index contributed by atoms with van der Waals surface area (Å²) in [4.78, 5) is 7.96. The summed E-state index contributed by atoms with van der Waals surface area (Å²) in [5.41, 5.74) is 1.83. The van der Waals surface area contributed by atoms with Gasteiger partial charge in [-0.2, -0.15) is 13.2 Å². The largest absolute Gasteiger partial charge is 0.396 e. The lowest BCUT2D eigenvalue weighted by Gasteiger charge is -2.24. The first kappa shape index (κ1) is 13.8. The predicted molar refractivity (Wildman–Crippen MR) is 68.3 cm³/mol. The van der Waals surface area contributed by atoms with E-state index in [1.165, 1.54) is 12.8 Å². The lowest BCUT2D eigenvalue weighted by molar-refractivity contribution is -0.128. The van der Waals surface area contributed by atoms with Gasteiger partial charge in [-0.1, -0.05) is 0 Å². The first-order valence-corrected chi connectivity index (χ1v) is 7.13. The van der Waals surface area contributed by atoms with Crippen molar-refractivity contribution in [2.24, 2.45) is 5.92 Å². The Morgan fingerprint density at radius 2 is 2.05 bits per heavy atom. The van der Waals surface area contributed by atoms with E-state index in [2.05, 4.69) is 15.3 Å². The van der Waals surface area contributed by atoms with Crippen molar-refractivity contribution in [3.8, 4) is 0 Å². The highest BCUT2D eigenvalue weighted by atomic mass is 19.4. The van der Waals surface area contributed by atoms with Gasteiger partial charge in [0, 0.05) is 17.9 Å². The Hall–Kier alpha value is -1.17. The summed E-state index contributed by atoms with van der Waals surface area (Å²) >= 11 is 0. The van der Waals surface area contributed by atoms with Crippen LogP contribution in [0, 0.1) is 5.92 Å². The average molecular weight is 285 g/mol. The van der Waals surface area contributed by atoms with Gasteiger partial charge < -0.3 is 5.32 Å². The molecule has 2 aliphatic carbocycles. The second-order valence-corrected chi connectivity index (χ2v) is 5.84. The third-order valence-corrected chi connectivity index (χ3v) is 3.93. The number of fused-ring (bicyclic) bond motifs is 1. The van der Waals surface area contributed by atoms with Gasteiger partial charge in [0.1, 0.15) is 12.2 Å². The fraction of sp³-hybridized carbons (Fsp3) is 0.714. The Morgan fingerprint density at radius 1 is 1.25 bits per heavy atom. The van der Waals surface area contributed by atoms with Gasteiger partial charge in [-0.15, -0.1) is 0 Å². The van der Waals surface area contributed by atoms with E-state index in [1.807, 2.05) is 0 Å². The third kappa shape index (κ3) is 3.69. The number of aryl methyl sites for hydroxylation is 1. The topological polar surface area (TPSA) is 37.8 Å². The van der Waals surface area contributed by atoms with Crippen LogP contribution in [0.3, 0.4) is 0 Å². The molecule has 1 aromatic heterocycles. The summed E-state index contributed by atoms with van der Waals surface area (Å²) in [7, 11) is 0. The molecule has 1 N–H and O–H groups in total. The van der Waals surface area contributed by atoms with Crippen LogP contribution in [0.5, 0.6) is 0 Å². The summed E-state index contributed by atoms with van der Waals surface area (Å²) in [5, 5.41) is 3.51. The molecule has 20 heavy (non-hydrogen) atoms. The van der Waals surface area contributed by atoms with E-state index < -0.39 is 12.6 Å². The van der Waals surface area contributed by atoms with Crippen molar-refractivity contribution in [3.05, 3.63) is 23.3 Å². The zero-order valence-corrected chi connectivity index (χ0v) is 11.2. The molecule has 3 rings (SSSR count).